The molecule has 0 radical (unpaired) electrons. The van der Waals surface area contributed by atoms with Crippen LogP contribution >= 0.6 is 0 Å². The lowest BCUT2D eigenvalue weighted by Gasteiger charge is -2.02. The summed E-state index contributed by atoms with van der Waals surface area (Å²) >= 11 is 0. The highest BCUT2D eigenvalue weighted by Gasteiger charge is 2.08. The van der Waals surface area contributed by atoms with E-state index in [0.29, 0.717) is 18.1 Å². The third-order valence-electron chi connectivity index (χ3n) is 2.40. The zero-order valence-corrected chi connectivity index (χ0v) is 9.91. The molecular formula is C11H15N6+. The van der Waals surface area contributed by atoms with Crippen LogP contribution < -0.4 is 10.3 Å². The number of aryl methyl sites for hydroxylation is 1. The van der Waals surface area contributed by atoms with Gasteiger partial charge in [-0.05, 0) is 6.07 Å². The van der Waals surface area contributed by atoms with E-state index in [0.717, 1.165) is 5.56 Å². The molecule has 2 aromatic rings. The summed E-state index contributed by atoms with van der Waals surface area (Å²) in [7, 11) is 3.58. The van der Waals surface area contributed by atoms with Crippen molar-refractivity contribution in [2.24, 2.45) is 17.3 Å². The first-order valence-corrected chi connectivity index (χ1v) is 5.26. The topological polar surface area (TPSA) is 72.4 Å². The number of hydrogen-bond donors (Lipinski definition) is 1. The average Bonchev–Trinajstić information content (AvgIpc) is 2.62. The molecule has 0 aliphatic rings. The summed E-state index contributed by atoms with van der Waals surface area (Å²) in [6.45, 7) is 0.625. The third-order valence-corrected chi connectivity index (χ3v) is 2.40. The molecule has 17 heavy (non-hydrogen) atoms. The lowest BCUT2D eigenvalue weighted by Crippen LogP contribution is -2.27. The standard InChI is InChI=1S/C11H15N6/c1-13-15-10-6-14-17(11(10)12)8-9-4-3-5-16(2)7-9/h3-7H,8,12H2,1-2H3/q+1/b15-13+. The number of anilines is 1. The monoisotopic (exact) mass is 231 g/mol. The van der Waals surface area contributed by atoms with Crippen LogP contribution in [-0.2, 0) is 13.6 Å². The van der Waals surface area contributed by atoms with Crippen LogP contribution in [0.1, 0.15) is 5.56 Å². The van der Waals surface area contributed by atoms with Gasteiger partial charge in [-0.15, -0.1) is 0 Å². The summed E-state index contributed by atoms with van der Waals surface area (Å²) in [6, 6.07) is 4.02. The minimum absolute atomic E-state index is 0.530. The van der Waals surface area contributed by atoms with Crippen LogP contribution in [0.4, 0.5) is 11.5 Å². The van der Waals surface area contributed by atoms with Crippen LogP contribution in [0.2, 0.25) is 0 Å². The molecule has 0 aliphatic carbocycles. The maximum atomic E-state index is 5.92. The minimum atomic E-state index is 0.530. The Morgan fingerprint density at radius 3 is 3.06 bits per heavy atom. The Labute approximate surface area is 99.4 Å². The van der Waals surface area contributed by atoms with Crippen LogP contribution in [0, 0.1) is 0 Å². The van der Waals surface area contributed by atoms with Crippen LogP contribution in [0.3, 0.4) is 0 Å². The van der Waals surface area contributed by atoms with Gasteiger partial charge in [0.25, 0.3) is 0 Å². The first-order valence-electron chi connectivity index (χ1n) is 5.26. The second-order valence-electron chi connectivity index (χ2n) is 3.75. The number of azo groups is 1. The van der Waals surface area contributed by atoms with E-state index in [1.54, 1.807) is 17.9 Å². The summed E-state index contributed by atoms with van der Waals surface area (Å²) in [5, 5.41) is 11.8. The fourth-order valence-corrected chi connectivity index (χ4v) is 1.61. The highest BCUT2D eigenvalue weighted by atomic mass is 15.3. The van der Waals surface area contributed by atoms with E-state index in [4.69, 9.17) is 5.73 Å². The van der Waals surface area contributed by atoms with Gasteiger partial charge in [0.05, 0.1) is 12.7 Å². The predicted octanol–water partition coefficient (Wildman–Crippen LogP) is 1.05. The number of nitrogens with two attached hydrogens (primary N) is 1. The first-order chi connectivity index (χ1) is 8.20. The molecule has 0 saturated carbocycles. The predicted molar refractivity (Wildman–Crippen MR) is 63.8 cm³/mol. The average molecular weight is 231 g/mol. The fourth-order valence-electron chi connectivity index (χ4n) is 1.61. The Morgan fingerprint density at radius 1 is 1.53 bits per heavy atom. The van der Waals surface area contributed by atoms with Crippen molar-refractivity contribution in [2.75, 3.05) is 12.8 Å². The Kier molecular flexibility index (Phi) is 3.13. The van der Waals surface area contributed by atoms with Gasteiger partial charge in [-0.2, -0.15) is 15.3 Å². The van der Waals surface area contributed by atoms with E-state index in [1.807, 2.05) is 36.1 Å². The highest BCUT2D eigenvalue weighted by molar-refractivity contribution is 5.56. The molecule has 0 aromatic carbocycles. The molecule has 0 aliphatic heterocycles. The van der Waals surface area contributed by atoms with Crippen molar-refractivity contribution in [3.8, 4) is 0 Å². The van der Waals surface area contributed by atoms with Gasteiger partial charge in [-0.3, -0.25) is 0 Å². The number of hydrogen-bond acceptors (Lipinski definition) is 4. The van der Waals surface area contributed by atoms with Crippen molar-refractivity contribution in [3.63, 3.8) is 0 Å². The Bertz CT molecular complexity index is 543. The van der Waals surface area contributed by atoms with E-state index in [2.05, 4.69) is 15.3 Å². The molecular weight excluding hydrogens is 216 g/mol. The molecule has 0 bridgehead atoms. The molecule has 6 heteroatoms. The smallest absolute Gasteiger partial charge is 0.173 e. The van der Waals surface area contributed by atoms with E-state index in [-0.39, 0.29) is 0 Å². The van der Waals surface area contributed by atoms with Gasteiger partial charge in [0.15, 0.2) is 12.4 Å². The largest absolute Gasteiger partial charge is 0.382 e. The van der Waals surface area contributed by atoms with Crippen molar-refractivity contribution >= 4 is 11.5 Å². The van der Waals surface area contributed by atoms with Crippen LogP contribution in [-0.4, -0.2) is 16.8 Å². The SMILES string of the molecule is C/N=N/c1cnn(Cc2ccc[n+](C)c2)c1N. The second kappa shape index (κ2) is 4.73. The van der Waals surface area contributed by atoms with Crippen LogP contribution in [0.25, 0.3) is 0 Å². The van der Waals surface area contributed by atoms with Crippen molar-refractivity contribution in [2.45, 2.75) is 6.54 Å². The van der Waals surface area contributed by atoms with Gasteiger partial charge in [0, 0.05) is 18.7 Å². The van der Waals surface area contributed by atoms with Crippen molar-refractivity contribution < 1.29 is 4.57 Å². The Morgan fingerprint density at radius 2 is 2.35 bits per heavy atom. The van der Waals surface area contributed by atoms with Gasteiger partial charge in [0.1, 0.15) is 18.6 Å². The molecule has 0 unspecified atom stereocenters. The Hall–Kier alpha value is -2.24. The highest BCUT2D eigenvalue weighted by Crippen LogP contribution is 2.21. The Balaban J connectivity index is 2.24. The molecule has 88 valence electrons. The zero-order chi connectivity index (χ0) is 12.3. The van der Waals surface area contributed by atoms with Gasteiger partial charge in [0.2, 0.25) is 0 Å². The third kappa shape index (κ3) is 2.47. The van der Waals surface area contributed by atoms with E-state index in [1.165, 1.54) is 0 Å². The van der Waals surface area contributed by atoms with E-state index in [9.17, 15) is 0 Å². The molecule has 6 nitrogen and oxygen atoms in total. The van der Waals surface area contributed by atoms with Gasteiger partial charge < -0.3 is 5.73 Å². The number of pyridine rings is 1. The normalized spacial score (nSPS) is 11.2. The van der Waals surface area contributed by atoms with E-state index >= 15 is 0 Å². The quantitative estimate of drug-likeness (QED) is 0.633. The molecule has 2 N–H and O–H groups in total. The lowest BCUT2D eigenvalue weighted by atomic mass is 10.3. The summed E-state index contributed by atoms with van der Waals surface area (Å²) in [5.74, 6) is 0.530. The molecule has 0 spiro atoms. The summed E-state index contributed by atoms with van der Waals surface area (Å²) in [6.07, 6.45) is 5.63. The van der Waals surface area contributed by atoms with Crippen LogP contribution in [0.5, 0.6) is 0 Å². The fraction of sp³-hybridized carbons (Fsp3) is 0.273. The van der Waals surface area contributed by atoms with Crippen molar-refractivity contribution in [1.82, 2.24) is 9.78 Å². The first kappa shape index (κ1) is 11.3. The summed E-state index contributed by atoms with van der Waals surface area (Å²) < 4.78 is 3.70. The van der Waals surface area contributed by atoms with Crippen LogP contribution in [0.15, 0.2) is 41.0 Å². The van der Waals surface area contributed by atoms with Crippen molar-refractivity contribution in [3.05, 3.63) is 36.3 Å². The lowest BCUT2D eigenvalue weighted by molar-refractivity contribution is -0.671. The van der Waals surface area contributed by atoms with Crippen molar-refractivity contribution in [1.29, 1.82) is 0 Å². The van der Waals surface area contributed by atoms with Gasteiger partial charge in [-0.1, -0.05) is 0 Å². The number of nitrogen functional groups attached to an aromatic ring is 1. The van der Waals surface area contributed by atoms with Gasteiger partial charge in [-0.25, -0.2) is 9.25 Å². The number of aromatic nitrogens is 3. The van der Waals surface area contributed by atoms with E-state index < -0.39 is 0 Å². The second-order valence-corrected chi connectivity index (χ2v) is 3.75. The maximum absolute atomic E-state index is 5.92. The van der Waals surface area contributed by atoms with Gasteiger partial charge >= 0.3 is 0 Å². The molecule has 2 aromatic heterocycles. The molecule has 2 heterocycles. The minimum Gasteiger partial charge on any atom is -0.382 e. The number of rotatable bonds is 3. The summed E-state index contributed by atoms with van der Waals surface area (Å²) in [5.41, 5.74) is 7.65. The number of nitrogens with zero attached hydrogens (tertiary/aromatic N) is 5. The zero-order valence-electron chi connectivity index (χ0n) is 9.91. The molecule has 0 saturated heterocycles. The molecule has 2 rings (SSSR count). The summed E-state index contributed by atoms with van der Waals surface area (Å²) in [4.78, 5) is 0. The maximum Gasteiger partial charge on any atom is 0.173 e. The molecule has 0 amide bonds. The molecule has 0 atom stereocenters. The molecule has 0 fully saturated rings.